The molecule has 0 fully saturated rings. The van der Waals surface area contributed by atoms with Crippen LogP contribution in [0.4, 0.5) is 0 Å². The van der Waals surface area contributed by atoms with Gasteiger partial charge in [0, 0.05) is 5.56 Å². The molecule has 0 saturated heterocycles. The quantitative estimate of drug-likeness (QED) is 0.533. The van der Waals surface area contributed by atoms with Crippen LogP contribution < -0.4 is 0 Å². The van der Waals surface area contributed by atoms with Crippen molar-refractivity contribution in [3.63, 3.8) is 0 Å². The van der Waals surface area contributed by atoms with Crippen molar-refractivity contribution >= 4 is 10.8 Å². The highest BCUT2D eigenvalue weighted by atomic mass is 16.3. The molecule has 80 valence electrons. The van der Waals surface area contributed by atoms with Gasteiger partial charge in [-0.2, -0.15) is 0 Å². The van der Waals surface area contributed by atoms with Crippen molar-refractivity contribution in [3.05, 3.63) is 47.2 Å². The fraction of sp³-hybridized carbons (Fsp3) is 0.200. The zero-order valence-electron chi connectivity index (χ0n) is 9.79. The van der Waals surface area contributed by atoms with E-state index in [9.17, 15) is 0 Å². The number of rotatable bonds is 0. The first-order valence-electron chi connectivity index (χ1n) is 5.56. The van der Waals surface area contributed by atoms with Gasteiger partial charge in [0.05, 0.1) is 0 Å². The Morgan fingerprint density at radius 1 is 0.938 bits per heavy atom. The predicted molar refractivity (Wildman–Crippen MR) is 67.0 cm³/mol. The summed E-state index contributed by atoms with van der Waals surface area (Å²) in [5.74, 6) is 2.02. The molecule has 2 aliphatic rings. The third-order valence-corrected chi connectivity index (χ3v) is 3.49. The van der Waals surface area contributed by atoms with E-state index < -0.39 is 0 Å². The minimum absolute atomic E-state index is 1.00. The summed E-state index contributed by atoms with van der Waals surface area (Å²) in [5, 5.41) is 2.55. The van der Waals surface area contributed by atoms with Crippen LogP contribution in [0.1, 0.15) is 16.9 Å². The number of fused-ring (bicyclic) bond motifs is 3. The predicted octanol–water partition coefficient (Wildman–Crippen LogP) is 4.46. The standard InChI is InChI=1S/C15H14O/c1-9-10(2)15-13-7-5-4-6-12(13)8-14(15)16-11(9)3/h4-8H,1-3H3. The summed E-state index contributed by atoms with van der Waals surface area (Å²) in [4.78, 5) is 0. The van der Waals surface area contributed by atoms with Crippen LogP contribution in [0.25, 0.3) is 22.1 Å². The minimum Gasteiger partial charge on any atom is -0.461 e. The molecular formula is C15H14O. The van der Waals surface area contributed by atoms with Gasteiger partial charge in [-0.3, -0.25) is 0 Å². The van der Waals surface area contributed by atoms with Crippen LogP contribution in [0.2, 0.25) is 0 Å². The third kappa shape index (κ3) is 1.12. The SMILES string of the molecule is Cc1oc2cc3ccccc3c-2c(C)c1C. The zero-order valence-corrected chi connectivity index (χ0v) is 9.79. The van der Waals surface area contributed by atoms with Crippen LogP contribution in [-0.2, 0) is 0 Å². The summed E-state index contributed by atoms with van der Waals surface area (Å²) in [6.45, 7) is 6.32. The largest absolute Gasteiger partial charge is 0.461 e. The van der Waals surface area contributed by atoms with Crippen LogP contribution in [0.15, 0.2) is 34.7 Å². The van der Waals surface area contributed by atoms with E-state index in [-0.39, 0.29) is 0 Å². The van der Waals surface area contributed by atoms with E-state index in [0.29, 0.717) is 0 Å². The van der Waals surface area contributed by atoms with Crippen LogP contribution in [-0.4, -0.2) is 0 Å². The van der Waals surface area contributed by atoms with E-state index in [4.69, 9.17) is 4.42 Å². The van der Waals surface area contributed by atoms with Crippen molar-refractivity contribution in [1.82, 2.24) is 0 Å². The van der Waals surface area contributed by atoms with Crippen molar-refractivity contribution in [3.8, 4) is 11.3 Å². The molecule has 0 N–H and O–H groups in total. The fourth-order valence-electron chi connectivity index (χ4n) is 2.36. The van der Waals surface area contributed by atoms with Crippen LogP contribution >= 0.6 is 0 Å². The average molecular weight is 210 g/mol. The molecule has 0 amide bonds. The number of aryl methyl sites for hydroxylation is 1. The normalized spacial score (nSPS) is 11.4. The van der Waals surface area contributed by atoms with Crippen molar-refractivity contribution in [2.24, 2.45) is 0 Å². The van der Waals surface area contributed by atoms with Crippen LogP contribution in [0.3, 0.4) is 0 Å². The molecule has 1 aromatic rings. The molecule has 0 radical (unpaired) electrons. The Morgan fingerprint density at radius 3 is 2.50 bits per heavy atom. The number of benzene rings is 1. The van der Waals surface area contributed by atoms with Crippen LogP contribution in [0, 0.1) is 20.8 Å². The average Bonchev–Trinajstić information content (AvgIpc) is 2.64. The van der Waals surface area contributed by atoms with Crippen LogP contribution in [0.5, 0.6) is 0 Å². The Morgan fingerprint density at radius 2 is 1.69 bits per heavy atom. The Labute approximate surface area is 95.0 Å². The van der Waals surface area contributed by atoms with Gasteiger partial charge in [-0.15, -0.1) is 0 Å². The minimum atomic E-state index is 1.00. The lowest BCUT2D eigenvalue weighted by Crippen LogP contribution is -1.90. The summed E-state index contributed by atoms with van der Waals surface area (Å²) in [6.07, 6.45) is 0. The molecule has 0 unspecified atom stereocenters. The highest BCUT2D eigenvalue weighted by molar-refractivity contribution is 6.02. The third-order valence-electron chi connectivity index (χ3n) is 3.49. The van der Waals surface area contributed by atoms with E-state index in [1.165, 1.54) is 27.5 Å². The van der Waals surface area contributed by atoms with Gasteiger partial charge in [-0.25, -0.2) is 0 Å². The second-order valence-electron chi connectivity index (χ2n) is 4.38. The lowest BCUT2D eigenvalue weighted by molar-refractivity contribution is 0.526. The molecule has 1 aliphatic heterocycles. The molecule has 0 bridgehead atoms. The maximum absolute atomic E-state index is 5.86. The Hall–Kier alpha value is -1.76. The molecule has 0 spiro atoms. The van der Waals surface area contributed by atoms with Gasteiger partial charge in [-0.05, 0) is 48.7 Å². The molecule has 16 heavy (non-hydrogen) atoms. The van der Waals surface area contributed by atoms with Crippen molar-refractivity contribution < 1.29 is 4.42 Å². The maximum Gasteiger partial charge on any atom is 0.135 e. The Balaban J connectivity index is 2.56. The summed E-state index contributed by atoms with van der Waals surface area (Å²) in [6, 6.07) is 10.6. The maximum atomic E-state index is 5.86. The fourth-order valence-corrected chi connectivity index (χ4v) is 2.36. The van der Waals surface area contributed by atoms with Gasteiger partial charge in [0.15, 0.2) is 0 Å². The summed E-state index contributed by atoms with van der Waals surface area (Å²) >= 11 is 0. The van der Waals surface area contributed by atoms with Gasteiger partial charge in [0.25, 0.3) is 0 Å². The molecule has 0 saturated carbocycles. The summed E-state index contributed by atoms with van der Waals surface area (Å²) < 4.78 is 5.86. The first kappa shape index (κ1) is 9.46. The second-order valence-corrected chi connectivity index (χ2v) is 4.38. The summed E-state index contributed by atoms with van der Waals surface area (Å²) in [7, 11) is 0. The molecule has 1 heteroatoms. The molecule has 1 heterocycles. The van der Waals surface area contributed by atoms with Gasteiger partial charge < -0.3 is 4.42 Å². The van der Waals surface area contributed by atoms with Crippen molar-refractivity contribution in [2.45, 2.75) is 20.8 Å². The molecular weight excluding hydrogens is 196 g/mol. The number of hydrogen-bond acceptors (Lipinski definition) is 1. The number of hydrogen-bond donors (Lipinski definition) is 0. The van der Waals surface area contributed by atoms with E-state index in [0.717, 1.165) is 11.5 Å². The van der Waals surface area contributed by atoms with Crippen molar-refractivity contribution in [2.75, 3.05) is 0 Å². The highest BCUT2D eigenvalue weighted by Gasteiger charge is 2.17. The monoisotopic (exact) mass is 210 g/mol. The Bertz CT molecular complexity index is 646. The Kier molecular flexibility index (Phi) is 1.84. The zero-order chi connectivity index (χ0) is 11.3. The lowest BCUT2D eigenvalue weighted by atomic mass is 10.0. The lowest BCUT2D eigenvalue weighted by Gasteiger charge is -2.10. The van der Waals surface area contributed by atoms with Gasteiger partial charge >= 0.3 is 0 Å². The topological polar surface area (TPSA) is 13.1 Å². The first-order valence-corrected chi connectivity index (χ1v) is 5.56. The molecule has 1 aromatic carbocycles. The molecule has 1 aliphatic carbocycles. The van der Waals surface area contributed by atoms with Crippen molar-refractivity contribution in [1.29, 1.82) is 0 Å². The molecule has 0 aromatic heterocycles. The molecule has 1 nitrogen and oxygen atoms in total. The van der Waals surface area contributed by atoms with E-state index >= 15 is 0 Å². The highest BCUT2D eigenvalue weighted by Crippen LogP contribution is 2.38. The smallest absolute Gasteiger partial charge is 0.135 e. The van der Waals surface area contributed by atoms with Gasteiger partial charge in [0.1, 0.15) is 11.5 Å². The first-order chi connectivity index (χ1) is 7.68. The van der Waals surface area contributed by atoms with Gasteiger partial charge in [0.2, 0.25) is 0 Å². The second kappa shape index (κ2) is 3.11. The summed E-state index contributed by atoms with van der Waals surface area (Å²) in [5.41, 5.74) is 3.85. The molecule has 3 rings (SSSR count). The van der Waals surface area contributed by atoms with E-state index in [1.807, 2.05) is 6.92 Å². The van der Waals surface area contributed by atoms with E-state index in [2.05, 4.69) is 44.2 Å². The van der Waals surface area contributed by atoms with Gasteiger partial charge in [-0.1, -0.05) is 24.3 Å². The van der Waals surface area contributed by atoms with E-state index in [1.54, 1.807) is 0 Å². The molecule has 0 atom stereocenters.